The lowest BCUT2D eigenvalue weighted by atomic mass is 9.89. The quantitative estimate of drug-likeness (QED) is 0.836. The second-order valence-electron chi connectivity index (χ2n) is 5.65. The van der Waals surface area contributed by atoms with E-state index in [2.05, 4.69) is 16.9 Å². The van der Waals surface area contributed by atoms with E-state index in [-0.39, 0.29) is 5.91 Å². The van der Waals surface area contributed by atoms with Crippen molar-refractivity contribution in [3.05, 3.63) is 5.69 Å². The maximum atomic E-state index is 11.5. The van der Waals surface area contributed by atoms with Gasteiger partial charge in [-0.3, -0.25) is 9.48 Å². The first-order valence-electron chi connectivity index (χ1n) is 6.75. The Kier molecular flexibility index (Phi) is 3.43. The lowest BCUT2D eigenvalue weighted by molar-refractivity contribution is -0.125. The minimum absolute atomic E-state index is 0.246. The number of hydrogen-bond donors (Lipinski definition) is 2. The number of carbonyl (C=O) groups is 1. The van der Waals surface area contributed by atoms with E-state index in [1.807, 2.05) is 18.7 Å². The van der Waals surface area contributed by atoms with Crippen molar-refractivity contribution in [1.29, 1.82) is 0 Å². The lowest BCUT2D eigenvalue weighted by Gasteiger charge is -2.22. The highest BCUT2D eigenvalue weighted by molar-refractivity contribution is 5.82. The average Bonchev–Trinajstić information content (AvgIpc) is 2.83. The standard InChI is InChI=1S/C13H23N5O/c1-4-5-9-10(14)11(17(3)16-9)18-7-6-13(2,8-18)12(15)19/h4-8,14H2,1-3H3,(H2,15,19). The monoisotopic (exact) mass is 265 g/mol. The van der Waals surface area contributed by atoms with E-state index in [4.69, 9.17) is 11.5 Å². The molecule has 0 spiro atoms. The van der Waals surface area contributed by atoms with Gasteiger partial charge >= 0.3 is 0 Å². The van der Waals surface area contributed by atoms with E-state index >= 15 is 0 Å². The van der Waals surface area contributed by atoms with Crippen molar-refractivity contribution in [2.45, 2.75) is 33.1 Å². The summed E-state index contributed by atoms with van der Waals surface area (Å²) >= 11 is 0. The third-order valence-electron chi connectivity index (χ3n) is 3.98. The van der Waals surface area contributed by atoms with E-state index in [0.29, 0.717) is 6.54 Å². The molecule has 1 aliphatic heterocycles. The Labute approximate surface area is 113 Å². The van der Waals surface area contributed by atoms with Gasteiger partial charge in [0.25, 0.3) is 0 Å². The van der Waals surface area contributed by atoms with E-state index < -0.39 is 5.41 Å². The van der Waals surface area contributed by atoms with Gasteiger partial charge in [0.15, 0.2) is 0 Å². The van der Waals surface area contributed by atoms with Gasteiger partial charge in [-0.2, -0.15) is 5.10 Å². The molecule has 1 saturated heterocycles. The van der Waals surface area contributed by atoms with Gasteiger partial charge in [0, 0.05) is 20.1 Å². The molecule has 1 atom stereocenters. The summed E-state index contributed by atoms with van der Waals surface area (Å²) in [6.07, 6.45) is 2.65. The number of aryl methyl sites for hydroxylation is 2. The molecule has 2 rings (SSSR count). The van der Waals surface area contributed by atoms with Crippen molar-refractivity contribution in [2.24, 2.45) is 18.2 Å². The smallest absolute Gasteiger partial charge is 0.225 e. The van der Waals surface area contributed by atoms with Crippen molar-refractivity contribution in [2.75, 3.05) is 23.7 Å². The van der Waals surface area contributed by atoms with Crippen molar-refractivity contribution < 1.29 is 4.79 Å². The third kappa shape index (κ3) is 2.27. The molecule has 6 nitrogen and oxygen atoms in total. The summed E-state index contributed by atoms with van der Waals surface area (Å²) in [5.74, 6) is 0.665. The Hall–Kier alpha value is -1.72. The normalized spacial score (nSPS) is 23.0. The molecule has 19 heavy (non-hydrogen) atoms. The van der Waals surface area contributed by atoms with Crippen LogP contribution in [0.25, 0.3) is 0 Å². The molecule has 1 fully saturated rings. The fourth-order valence-corrected chi connectivity index (χ4v) is 2.73. The molecule has 1 amide bonds. The molecule has 4 N–H and O–H groups in total. The predicted octanol–water partition coefficient (Wildman–Crippen LogP) is 0.657. The van der Waals surface area contributed by atoms with Crippen LogP contribution in [0.2, 0.25) is 0 Å². The first-order chi connectivity index (χ1) is 8.89. The lowest BCUT2D eigenvalue weighted by Crippen LogP contribution is -2.37. The SMILES string of the molecule is CCCc1nn(C)c(N2CCC(C)(C(N)=O)C2)c1N. The summed E-state index contributed by atoms with van der Waals surface area (Å²) in [6.45, 7) is 5.41. The fraction of sp³-hybridized carbons (Fsp3) is 0.692. The van der Waals surface area contributed by atoms with Gasteiger partial charge < -0.3 is 16.4 Å². The molecule has 1 aromatic rings. The van der Waals surface area contributed by atoms with E-state index in [1.54, 1.807) is 0 Å². The molecule has 1 unspecified atom stereocenters. The van der Waals surface area contributed by atoms with Crippen molar-refractivity contribution in [3.8, 4) is 0 Å². The number of carbonyl (C=O) groups excluding carboxylic acids is 1. The third-order valence-corrected chi connectivity index (χ3v) is 3.98. The number of rotatable bonds is 4. The molecule has 1 aliphatic rings. The topological polar surface area (TPSA) is 90.2 Å². The van der Waals surface area contributed by atoms with Crippen LogP contribution >= 0.6 is 0 Å². The van der Waals surface area contributed by atoms with Gasteiger partial charge in [0.2, 0.25) is 5.91 Å². The van der Waals surface area contributed by atoms with Crippen molar-refractivity contribution >= 4 is 17.4 Å². The van der Waals surface area contributed by atoms with Crippen molar-refractivity contribution in [1.82, 2.24) is 9.78 Å². The van der Waals surface area contributed by atoms with Crippen LogP contribution < -0.4 is 16.4 Å². The highest BCUT2D eigenvalue weighted by atomic mass is 16.1. The van der Waals surface area contributed by atoms with Gasteiger partial charge in [-0.15, -0.1) is 0 Å². The number of nitrogens with zero attached hydrogens (tertiary/aromatic N) is 3. The van der Waals surface area contributed by atoms with Crippen LogP contribution in [-0.4, -0.2) is 28.8 Å². The number of nitrogen functional groups attached to an aromatic ring is 1. The summed E-state index contributed by atoms with van der Waals surface area (Å²) in [7, 11) is 1.89. The van der Waals surface area contributed by atoms with Gasteiger partial charge in [0.1, 0.15) is 5.82 Å². The van der Waals surface area contributed by atoms with E-state index in [0.717, 1.165) is 43.0 Å². The number of primary amides is 1. The minimum atomic E-state index is -0.471. The van der Waals surface area contributed by atoms with Gasteiger partial charge in [-0.05, 0) is 19.8 Å². The molecule has 1 aromatic heterocycles. The van der Waals surface area contributed by atoms with Crippen LogP contribution in [0, 0.1) is 5.41 Å². The Morgan fingerprint density at radius 3 is 2.74 bits per heavy atom. The average molecular weight is 265 g/mol. The zero-order valence-electron chi connectivity index (χ0n) is 11.9. The molecule has 6 heteroatoms. The number of aromatic nitrogens is 2. The summed E-state index contributed by atoms with van der Waals surface area (Å²) in [4.78, 5) is 13.6. The fourth-order valence-electron chi connectivity index (χ4n) is 2.73. The molecule has 0 aromatic carbocycles. The molecular weight excluding hydrogens is 242 g/mol. The van der Waals surface area contributed by atoms with E-state index in [1.165, 1.54) is 0 Å². The highest BCUT2D eigenvalue weighted by Crippen LogP contribution is 2.36. The Bertz CT molecular complexity index is 495. The molecule has 0 aliphatic carbocycles. The molecule has 2 heterocycles. The Balaban J connectivity index is 2.27. The minimum Gasteiger partial charge on any atom is -0.394 e. The summed E-state index contributed by atoms with van der Waals surface area (Å²) < 4.78 is 1.81. The van der Waals surface area contributed by atoms with Gasteiger partial charge in [-0.1, -0.05) is 13.3 Å². The second-order valence-corrected chi connectivity index (χ2v) is 5.65. The van der Waals surface area contributed by atoms with Crippen LogP contribution in [0.5, 0.6) is 0 Å². The Morgan fingerprint density at radius 2 is 2.21 bits per heavy atom. The van der Waals surface area contributed by atoms with Crippen LogP contribution in [0.3, 0.4) is 0 Å². The zero-order valence-corrected chi connectivity index (χ0v) is 11.9. The summed E-state index contributed by atoms with van der Waals surface area (Å²) in [5.41, 5.74) is 12.9. The maximum Gasteiger partial charge on any atom is 0.225 e. The van der Waals surface area contributed by atoms with Gasteiger partial charge in [0.05, 0.1) is 16.8 Å². The highest BCUT2D eigenvalue weighted by Gasteiger charge is 2.40. The first kappa shape index (κ1) is 13.7. The summed E-state index contributed by atoms with van der Waals surface area (Å²) in [6, 6.07) is 0. The molecular formula is C13H23N5O. The van der Waals surface area contributed by atoms with Crippen LogP contribution in [-0.2, 0) is 18.3 Å². The molecule has 106 valence electrons. The van der Waals surface area contributed by atoms with Crippen molar-refractivity contribution in [3.63, 3.8) is 0 Å². The number of amides is 1. The number of hydrogen-bond acceptors (Lipinski definition) is 4. The van der Waals surface area contributed by atoms with Crippen LogP contribution in [0.1, 0.15) is 32.4 Å². The second kappa shape index (κ2) is 4.75. The molecule has 0 saturated carbocycles. The number of anilines is 2. The number of nitrogens with two attached hydrogens (primary N) is 2. The molecule has 0 bridgehead atoms. The molecule has 0 radical (unpaired) electrons. The Morgan fingerprint density at radius 1 is 1.53 bits per heavy atom. The van der Waals surface area contributed by atoms with Crippen LogP contribution in [0.15, 0.2) is 0 Å². The largest absolute Gasteiger partial charge is 0.394 e. The van der Waals surface area contributed by atoms with Crippen LogP contribution in [0.4, 0.5) is 11.5 Å². The maximum absolute atomic E-state index is 11.5. The predicted molar refractivity (Wildman–Crippen MR) is 75.7 cm³/mol. The van der Waals surface area contributed by atoms with Gasteiger partial charge in [-0.25, -0.2) is 0 Å². The zero-order chi connectivity index (χ0) is 14.2. The van der Waals surface area contributed by atoms with E-state index in [9.17, 15) is 4.79 Å². The summed E-state index contributed by atoms with van der Waals surface area (Å²) in [5, 5.41) is 4.47. The first-order valence-corrected chi connectivity index (χ1v) is 6.75.